The average Bonchev–Trinajstić information content (AvgIpc) is 2.99. The molecule has 3 heterocycles. The fourth-order valence-corrected chi connectivity index (χ4v) is 2.53. The molecule has 0 bridgehead atoms. The third-order valence-corrected chi connectivity index (χ3v) is 3.61. The van der Waals surface area contributed by atoms with Crippen LogP contribution in [0.25, 0.3) is 33.3 Å². The molecule has 0 aliphatic carbocycles. The molecule has 0 atom stereocenters. The number of nitrogens with zero attached hydrogens (tertiary/aromatic N) is 2. The molecule has 3 aromatic heterocycles. The number of aromatic nitrogens is 3. The lowest BCUT2D eigenvalue weighted by Gasteiger charge is -2.00. The molecule has 0 amide bonds. The van der Waals surface area contributed by atoms with E-state index in [0.717, 1.165) is 16.8 Å². The summed E-state index contributed by atoms with van der Waals surface area (Å²) >= 11 is 0. The minimum atomic E-state index is 1.09. The molecule has 100 valence electrons. The number of rotatable bonds is 2. The zero-order valence-corrected chi connectivity index (χ0v) is 11.3. The van der Waals surface area contributed by atoms with Gasteiger partial charge in [-0.1, -0.05) is 6.07 Å². The Hall–Kier alpha value is -2.94. The Bertz CT molecular complexity index is 843. The zero-order valence-electron chi connectivity index (χ0n) is 11.3. The molecule has 1 aromatic carbocycles. The maximum absolute atomic E-state index is 4.17. The van der Waals surface area contributed by atoms with Gasteiger partial charge in [0.1, 0.15) is 0 Å². The molecular formula is C18H13N3. The Morgan fingerprint density at radius 1 is 0.714 bits per heavy atom. The summed E-state index contributed by atoms with van der Waals surface area (Å²) in [4.78, 5) is 11.7. The Morgan fingerprint density at radius 2 is 1.62 bits per heavy atom. The van der Waals surface area contributed by atoms with Crippen molar-refractivity contribution in [1.29, 1.82) is 0 Å². The number of pyridine rings is 2. The smallest absolute Gasteiger partial charge is 0.0480 e. The van der Waals surface area contributed by atoms with E-state index in [9.17, 15) is 0 Å². The van der Waals surface area contributed by atoms with Crippen LogP contribution < -0.4 is 0 Å². The summed E-state index contributed by atoms with van der Waals surface area (Å²) in [6.45, 7) is 0. The van der Waals surface area contributed by atoms with Gasteiger partial charge in [0.2, 0.25) is 0 Å². The fourth-order valence-electron chi connectivity index (χ4n) is 2.53. The van der Waals surface area contributed by atoms with Crippen LogP contribution in [0.5, 0.6) is 0 Å². The third-order valence-electron chi connectivity index (χ3n) is 3.61. The number of benzene rings is 1. The molecule has 21 heavy (non-hydrogen) atoms. The van der Waals surface area contributed by atoms with E-state index in [-0.39, 0.29) is 0 Å². The van der Waals surface area contributed by atoms with Crippen molar-refractivity contribution >= 4 is 10.9 Å². The number of fused-ring (bicyclic) bond motifs is 1. The molecule has 0 fully saturated rings. The summed E-state index contributed by atoms with van der Waals surface area (Å²) in [5, 5.41) is 1.20. The van der Waals surface area contributed by atoms with Crippen LogP contribution in [0.3, 0.4) is 0 Å². The first kappa shape index (κ1) is 11.9. The molecule has 0 radical (unpaired) electrons. The lowest BCUT2D eigenvalue weighted by molar-refractivity contribution is 1.31. The molecule has 4 aromatic rings. The van der Waals surface area contributed by atoms with E-state index in [4.69, 9.17) is 0 Å². The van der Waals surface area contributed by atoms with Gasteiger partial charge >= 0.3 is 0 Å². The van der Waals surface area contributed by atoms with Gasteiger partial charge in [-0.25, -0.2) is 0 Å². The van der Waals surface area contributed by atoms with Crippen molar-refractivity contribution in [1.82, 2.24) is 15.0 Å². The minimum absolute atomic E-state index is 1.09. The van der Waals surface area contributed by atoms with E-state index in [1.165, 1.54) is 16.5 Å². The predicted octanol–water partition coefficient (Wildman–Crippen LogP) is 4.29. The molecule has 0 saturated heterocycles. The van der Waals surface area contributed by atoms with E-state index in [2.05, 4.69) is 45.3 Å². The first-order valence-corrected chi connectivity index (χ1v) is 6.84. The highest BCUT2D eigenvalue weighted by atomic mass is 14.7. The van der Waals surface area contributed by atoms with E-state index in [1.54, 1.807) is 6.20 Å². The summed E-state index contributed by atoms with van der Waals surface area (Å²) in [6, 6.07) is 16.7. The molecule has 3 heteroatoms. The lowest BCUT2D eigenvalue weighted by atomic mass is 10.1. The highest BCUT2D eigenvalue weighted by Gasteiger charge is 2.05. The minimum Gasteiger partial charge on any atom is -0.354 e. The van der Waals surface area contributed by atoms with Crippen LogP contribution in [0.2, 0.25) is 0 Å². The van der Waals surface area contributed by atoms with Crippen molar-refractivity contribution in [2.24, 2.45) is 0 Å². The van der Waals surface area contributed by atoms with Crippen molar-refractivity contribution in [3.63, 3.8) is 0 Å². The van der Waals surface area contributed by atoms with E-state index >= 15 is 0 Å². The molecule has 1 N–H and O–H groups in total. The average molecular weight is 271 g/mol. The Kier molecular flexibility index (Phi) is 2.75. The van der Waals surface area contributed by atoms with Crippen molar-refractivity contribution in [2.45, 2.75) is 0 Å². The molecule has 4 rings (SSSR count). The second-order valence-corrected chi connectivity index (χ2v) is 4.96. The highest BCUT2D eigenvalue weighted by molar-refractivity contribution is 5.89. The van der Waals surface area contributed by atoms with Crippen LogP contribution in [-0.4, -0.2) is 15.0 Å². The van der Waals surface area contributed by atoms with Crippen LogP contribution >= 0.6 is 0 Å². The molecule has 0 unspecified atom stereocenters. The second kappa shape index (κ2) is 4.87. The molecular weight excluding hydrogens is 258 g/mol. The summed E-state index contributed by atoms with van der Waals surface area (Å²) < 4.78 is 0. The zero-order chi connectivity index (χ0) is 14.1. The van der Waals surface area contributed by atoms with Crippen LogP contribution in [0.15, 0.2) is 73.3 Å². The van der Waals surface area contributed by atoms with Gasteiger partial charge in [0.25, 0.3) is 0 Å². The van der Waals surface area contributed by atoms with Crippen molar-refractivity contribution in [3.05, 3.63) is 73.3 Å². The van der Waals surface area contributed by atoms with Crippen LogP contribution in [0.4, 0.5) is 0 Å². The topological polar surface area (TPSA) is 41.6 Å². The first-order chi connectivity index (χ1) is 10.4. The van der Waals surface area contributed by atoms with Crippen LogP contribution in [-0.2, 0) is 0 Å². The van der Waals surface area contributed by atoms with Gasteiger partial charge in [-0.3, -0.25) is 9.97 Å². The largest absolute Gasteiger partial charge is 0.354 e. The Morgan fingerprint density at radius 3 is 2.43 bits per heavy atom. The van der Waals surface area contributed by atoms with Crippen LogP contribution in [0, 0.1) is 0 Å². The van der Waals surface area contributed by atoms with Gasteiger partial charge in [-0.2, -0.15) is 0 Å². The Labute approximate surface area is 122 Å². The summed E-state index contributed by atoms with van der Waals surface area (Å²) in [6.07, 6.45) is 7.29. The maximum Gasteiger partial charge on any atom is 0.0480 e. The van der Waals surface area contributed by atoms with Crippen molar-refractivity contribution in [3.8, 4) is 22.4 Å². The molecule has 0 aliphatic heterocycles. The number of H-pyrrole nitrogens is 1. The molecule has 0 saturated carbocycles. The standard InChI is InChI=1S/C18H13N3/c1-2-15(12-20-7-1)18-11-16-10-14(3-4-17(16)21-18)13-5-8-19-9-6-13/h1-12,21H. The number of hydrogen-bond acceptors (Lipinski definition) is 2. The number of hydrogen-bond donors (Lipinski definition) is 1. The van der Waals surface area contributed by atoms with Crippen molar-refractivity contribution < 1.29 is 0 Å². The normalized spacial score (nSPS) is 10.9. The maximum atomic E-state index is 4.17. The second-order valence-electron chi connectivity index (χ2n) is 4.96. The van der Waals surface area contributed by atoms with E-state index in [0.29, 0.717) is 0 Å². The number of nitrogens with one attached hydrogen (secondary N) is 1. The Balaban J connectivity index is 1.82. The fraction of sp³-hybridized carbons (Fsp3) is 0. The van der Waals surface area contributed by atoms with Gasteiger partial charge in [-0.05, 0) is 53.6 Å². The van der Waals surface area contributed by atoms with Crippen molar-refractivity contribution in [2.75, 3.05) is 0 Å². The SMILES string of the molecule is c1cncc(-c2cc3cc(-c4ccncc4)ccc3[nH]2)c1. The summed E-state index contributed by atoms with van der Waals surface area (Å²) in [7, 11) is 0. The van der Waals surface area contributed by atoms with Crippen LogP contribution in [0.1, 0.15) is 0 Å². The third kappa shape index (κ3) is 2.19. The molecule has 3 nitrogen and oxygen atoms in total. The number of aromatic amines is 1. The first-order valence-electron chi connectivity index (χ1n) is 6.84. The quantitative estimate of drug-likeness (QED) is 0.591. The van der Waals surface area contributed by atoms with Gasteiger partial charge in [-0.15, -0.1) is 0 Å². The highest BCUT2D eigenvalue weighted by Crippen LogP contribution is 2.27. The lowest BCUT2D eigenvalue weighted by Crippen LogP contribution is -1.78. The summed E-state index contributed by atoms with van der Waals surface area (Å²) in [5.41, 5.74) is 5.69. The van der Waals surface area contributed by atoms with Gasteiger partial charge in [0.05, 0.1) is 0 Å². The van der Waals surface area contributed by atoms with Gasteiger partial charge in [0.15, 0.2) is 0 Å². The van der Waals surface area contributed by atoms with Gasteiger partial charge in [0, 0.05) is 46.9 Å². The summed E-state index contributed by atoms with van der Waals surface area (Å²) in [5.74, 6) is 0. The van der Waals surface area contributed by atoms with Gasteiger partial charge < -0.3 is 4.98 Å². The predicted molar refractivity (Wildman–Crippen MR) is 84.8 cm³/mol. The molecule has 0 spiro atoms. The van der Waals surface area contributed by atoms with E-state index < -0.39 is 0 Å². The molecule has 0 aliphatic rings. The van der Waals surface area contributed by atoms with E-state index in [1.807, 2.05) is 36.8 Å². The monoisotopic (exact) mass is 271 g/mol.